The van der Waals surface area contributed by atoms with E-state index in [-0.39, 0.29) is 17.9 Å². The molecule has 15 nitrogen and oxygen atoms in total. The van der Waals surface area contributed by atoms with Crippen molar-refractivity contribution in [1.29, 1.82) is 0 Å². The van der Waals surface area contributed by atoms with Gasteiger partial charge in [-0.25, -0.2) is 14.8 Å². The highest BCUT2D eigenvalue weighted by Gasteiger charge is 2.39. The number of carbonyl (C=O) groups is 3. The number of benzene rings is 3. The molecule has 2 aliphatic heterocycles. The molecule has 3 aromatic carbocycles. The van der Waals surface area contributed by atoms with E-state index >= 15 is 0 Å². The van der Waals surface area contributed by atoms with Crippen molar-refractivity contribution in [3.8, 4) is 33.6 Å². The first kappa shape index (κ1) is 40.5. The molecule has 8 rings (SSSR count). The van der Waals surface area contributed by atoms with Gasteiger partial charge >= 0.3 is 6.09 Å². The number of fused-ring (bicyclic) bond motifs is 1. The fourth-order valence-corrected chi connectivity index (χ4v) is 8.21. The molecule has 5 heterocycles. The summed E-state index contributed by atoms with van der Waals surface area (Å²) in [5, 5.41) is 10.9. The number of amides is 3. The lowest BCUT2D eigenvalue weighted by Gasteiger charge is -2.30. The normalized spacial score (nSPS) is 19.7. The van der Waals surface area contributed by atoms with Crippen LogP contribution < -0.4 is 10.6 Å². The summed E-state index contributed by atoms with van der Waals surface area (Å²) in [5.74, 6) is 1.07. The van der Waals surface area contributed by atoms with E-state index in [1.807, 2.05) is 66.5 Å². The number of nitrogens with zero attached hydrogens (tertiary/aromatic N) is 5. The van der Waals surface area contributed by atoms with Gasteiger partial charge in [-0.05, 0) is 80.6 Å². The Labute approximate surface area is 348 Å². The molecule has 6 aromatic rings. The van der Waals surface area contributed by atoms with E-state index in [1.54, 1.807) is 6.20 Å². The number of aromatic nitrogens is 5. The molecule has 2 saturated heterocycles. The summed E-state index contributed by atoms with van der Waals surface area (Å²) in [4.78, 5) is 59.6. The van der Waals surface area contributed by atoms with Crippen LogP contribution in [0.2, 0.25) is 0 Å². The Morgan fingerprint density at radius 1 is 0.817 bits per heavy atom. The van der Waals surface area contributed by atoms with Gasteiger partial charge in [0.15, 0.2) is 5.58 Å². The molecule has 2 fully saturated rings. The molecule has 0 radical (unpaired) electrons. The van der Waals surface area contributed by atoms with Gasteiger partial charge in [-0.1, -0.05) is 78.7 Å². The average Bonchev–Trinajstić information content (AvgIpc) is 4.11. The van der Waals surface area contributed by atoms with Crippen LogP contribution >= 0.6 is 0 Å². The topological polar surface area (TPSA) is 184 Å². The minimum Gasteiger partial charge on any atom is -0.453 e. The van der Waals surface area contributed by atoms with Crippen molar-refractivity contribution in [2.75, 3.05) is 41.0 Å². The highest BCUT2D eigenvalue weighted by Crippen LogP contribution is 2.37. The molecule has 60 heavy (non-hydrogen) atoms. The van der Waals surface area contributed by atoms with Gasteiger partial charge < -0.3 is 39.5 Å². The van der Waals surface area contributed by atoms with Crippen molar-refractivity contribution in [3.05, 3.63) is 103 Å². The van der Waals surface area contributed by atoms with Crippen molar-refractivity contribution in [2.24, 2.45) is 0 Å². The van der Waals surface area contributed by atoms with E-state index in [4.69, 9.17) is 19.0 Å². The van der Waals surface area contributed by atoms with Crippen LogP contribution in [-0.2, 0) is 19.1 Å². The van der Waals surface area contributed by atoms with E-state index in [2.05, 4.69) is 67.1 Å². The first-order valence-electron chi connectivity index (χ1n) is 20.6. The SMILES string of the molecule is COC(=O)N[C@H]1CCCCCOCC[C@@H](c2ncc(-c3ccc(-c4ccc(-c5cnc([C@@H]6CCCN6C(=O)C(c6noc7ccccc67)N(C)C)[nH]5)cc4)cc3)[nH]2)NC1=O. The second kappa shape index (κ2) is 18.3. The second-order valence-corrected chi connectivity index (χ2v) is 15.6. The zero-order valence-corrected chi connectivity index (χ0v) is 34.1. The lowest BCUT2D eigenvalue weighted by molar-refractivity contribution is -0.137. The quantitative estimate of drug-likeness (QED) is 0.117. The number of carbonyl (C=O) groups excluding carboxylic acids is 3. The Bertz CT molecular complexity index is 2400. The molecule has 0 bridgehead atoms. The van der Waals surface area contributed by atoms with E-state index in [0.717, 1.165) is 77.0 Å². The van der Waals surface area contributed by atoms with Crippen molar-refractivity contribution in [2.45, 2.75) is 69.1 Å². The van der Waals surface area contributed by atoms with Crippen molar-refractivity contribution in [1.82, 2.24) is 45.5 Å². The third kappa shape index (κ3) is 8.82. The number of nitrogens with one attached hydrogen (secondary N) is 4. The molecule has 3 aromatic heterocycles. The number of imidazole rings is 2. The fraction of sp³-hybridized carbons (Fsp3) is 0.378. The lowest BCUT2D eigenvalue weighted by atomic mass is 10.0. The van der Waals surface area contributed by atoms with Gasteiger partial charge in [-0.2, -0.15) is 0 Å². The summed E-state index contributed by atoms with van der Waals surface area (Å²) in [6.07, 6.45) is 8.27. The van der Waals surface area contributed by atoms with Crippen LogP contribution in [0.3, 0.4) is 0 Å². The van der Waals surface area contributed by atoms with Gasteiger partial charge in [0, 0.05) is 25.1 Å². The second-order valence-electron chi connectivity index (χ2n) is 15.6. The van der Waals surface area contributed by atoms with Gasteiger partial charge in [0.2, 0.25) is 11.8 Å². The monoisotopic (exact) mass is 813 g/mol. The number of alkyl carbamates (subject to hydrolysis) is 1. The van der Waals surface area contributed by atoms with E-state index in [1.165, 1.54) is 7.11 Å². The maximum absolute atomic E-state index is 14.2. The molecule has 312 valence electrons. The maximum atomic E-state index is 14.2. The van der Waals surface area contributed by atoms with Crippen molar-refractivity contribution in [3.63, 3.8) is 0 Å². The first-order chi connectivity index (χ1) is 29.3. The summed E-state index contributed by atoms with van der Waals surface area (Å²) in [6, 6.07) is 22.3. The molecule has 15 heteroatoms. The van der Waals surface area contributed by atoms with Crippen LogP contribution in [-0.4, -0.2) is 99.8 Å². The lowest BCUT2D eigenvalue weighted by Crippen LogP contribution is -2.48. The van der Waals surface area contributed by atoms with E-state index in [9.17, 15) is 14.4 Å². The van der Waals surface area contributed by atoms with E-state index < -0.39 is 24.2 Å². The van der Waals surface area contributed by atoms with Crippen molar-refractivity contribution >= 4 is 28.9 Å². The predicted octanol–water partition coefficient (Wildman–Crippen LogP) is 7.10. The number of aromatic amines is 2. The minimum absolute atomic E-state index is 0.0256. The van der Waals surface area contributed by atoms with Gasteiger partial charge in [0.25, 0.3) is 0 Å². The smallest absolute Gasteiger partial charge is 0.407 e. The van der Waals surface area contributed by atoms with Crippen LogP contribution in [0.15, 0.2) is 89.7 Å². The minimum atomic E-state index is -0.705. The zero-order valence-electron chi connectivity index (χ0n) is 34.1. The molecule has 1 unspecified atom stereocenters. The van der Waals surface area contributed by atoms with Gasteiger partial charge in [0.05, 0.1) is 43.0 Å². The highest BCUT2D eigenvalue weighted by molar-refractivity contribution is 5.90. The fourth-order valence-electron chi connectivity index (χ4n) is 8.21. The molecule has 0 aliphatic carbocycles. The number of likely N-dealkylation sites (N-methyl/N-ethyl adjacent to an activating group) is 1. The number of H-pyrrole nitrogens is 2. The van der Waals surface area contributed by atoms with Crippen LogP contribution in [0.1, 0.15) is 80.4 Å². The Kier molecular flexibility index (Phi) is 12.3. The molecular weight excluding hydrogens is 763 g/mol. The summed E-state index contributed by atoms with van der Waals surface area (Å²) >= 11 is 0. The summed E-state index contributed by atoms with van der Waals surface area (Å²) in [6.45, 7) is 1.75. The number of rotatable bonds is 9. The van der Waals surface area contributed by atoms with Crippen molar-refractivity contribution < 1.29 is 28.4 Å². The molecule has 0 saturated carbocycles. The Hall–Kier alpha value is -6.32. The number of para-hydroxylation sites is 1. The van der Waals surface area contributed by atoms with Gasteiger partial charge in [-0.3, -0.25) is 14.5 Å². The highest BCUT2D eigenvalue weighted by atomic mass is 16.5. The maximum Gasteiger partial charge on any atom is 0.407 e. The summed E-state index contributed by atoms with van der Waals surface area (Å²) < 4.78 is 16.2. The Morgan fingerprint density at radius 2 is 1.48 bits per heavy atom. The molecule has 4 atom stereocenters. The molecule has 3 amide bonds. The first-order valence-corrected chi connectivity index (χ1v) is 20.6. The summed E-state index contributed by atoms with van der Waals surface area (Å²) in [7, 11) is 5.07. The van der Waals surface area contributed by atoms with Crippen LogP contribution in [0.4, 0.5) is 4.79 Å². The number of hydrogen-bond donors (Lipinski definition) is 4. The third-order valence-corrected chi connectivity index (χ3v) is 11.5. The Morgan fingerprint density at radius 3 is 2.18 bits per heavy atom. The molecule has 4 N–H and O–H groups in total. The number of hydrogen-bond acceptors (Lipinski definition) is 10. The van der Waals surface area contributed by atoms with Gasteiger partial charge in [0.1, 0.15) is 29.4 Å². The number of ether oxygens (including phenoxy) is 2. The standard InChI is InChI=1S/C45H51N9O6/c1-53(2)40(39-32-10-6-7-13-38(32)60-52-39)44(56)54-23-9-12-37(54)42-47-27-36(49-42)31-20-16-29(17-21-31)28-14-18-30(19-15-28)35-26-46-41(48-35)33-22-25-59-24-8-4-5-11-34(43(55)50-33)51-45(57)58-3/h6-7,10,13-21,26-27,33-34,37,40H,4-5,8-9,11-12,22-25H2,1-3H3,(H,46,48)(H,47,49)(H,50,55)(H,51,57)/t33-,34-,37-,40?/m0/s1. The van der Waals surface area contributed by atoms with E-state index in [0.29, 0.717) is 49.7 Å². The molecular formula is C45H51N9O6. The summed E-state index contributed by atoms with van der Waals surface area (Å²) in [5.41, 5.74) is 7.03. The van der Waals surface area contributed by atoms with Gasteiger partial charge in [-0.15, -0.1) is 0 Å². The molecule has 0 spiro atoms. The largest absolute Gasteiger partial charge is 0.453 e. The number of likely N-dealkylation sites (tertiary alicyclic amines) is 1. The zero-order chi connectivity index (χ0) is 41.6. The Balaban J connectivity index is 0.927. The van der Waals surface area contributed by atoms with Crippen LogP contribution in [0.5, 0.6) is 0 Å². The third-order valence-electron chi connectivity index (χ3n) is 11.5. The molecule has 2 aliphatic rings. The number of methoxy groups -OCH3 is 1. The van der Waals surface area contributed by atoms with Crippen LogP contribution in [0, 0.1) is 0 Å². The predicted molar refractivity (Wildman–Crippen MR) is 225 cm³/mol. The van der Waals surface area contributed by atoms with Crippen LogP contribution in [0.25, 0.3) is 44.6 Å². The average molecular weight is 814 g/mol.